The minimum atomic E-state index is 0.0838. The van der Waals surface area contributed by atoms with Crippen molar-refractivity contribution in [1.82, 2.24) is 19.8 Å². The maximum atomic E-state index is 12.9. The Morgan fingerprint density at radius 3 is 2.59 bits per heavy atom. The summed E-state index contributed by atoms with van der Waals surface area (Å²) >= 11 is 0. The summed E-state index contributed by atoms with van der Waals surface area (Å²) in [6.07, 6.45) is 6.02. The van der Waals surface area contributed by atoms with Gasteiger partial charge in [-0.15, -0.1) is 0 Å². The third-order valence-electron chi connectivity index (χ3n) is 5.51. The second-order valence-corrected chi connectivity index (χ2v) is 7.50. The molecule has 142 valence electrons. The van der Waals surface area contributed by atoms with Gasteiger partial charge in [-0.25, -0.2) is 4.98 Å². The van der Waals surface area contributed by atoms with E-state index in [1.54, 1.807) is 6.20 Å². The van der Waals surface area contributed by atoms with Crippen LogP contribution in [0.15, 0.2) is 42.7 Å². The van der Waals surface area contributed by atoms with Crippen molar-refractivity contribution in [3.8, 4) is 0 Å². The number of pyridine rings is 2. The third-order valence-corrected chi connectivity index (χ3v) is 5.51. The summed E-state index contributed by atoms with van der Waals surface area (Å²) in [6, 6.07) is 10.1. The molecule has 2 aromatic heterocycles. The van der Waals surface area contributed by atoms with Gasteiger partial charge in [0.05, 0.1) is 11.3 Å². The predicted octanol–water partition coefficient (Wildman–Crippen LogP) is 2.42. The first-order valence-corrected chi connectivity index (χ1v) is 9.85. The van der Waals surface area contributed by atoms with Crippen LogP contribution in [-0.2, 0) is 6.54 Å². The molecule has 2 aliphatic heterocycles. The van der Waals surface area contributed by atoms with Gasteiger partial charge in [-0.2, -0.15) is 0 Å². The molecule has 6 nitrogen and oxygen atoms in total. The van der Waals surface area contributed by atoms with Crippen LogP contribution in [0, 0.1) is 0 Å². The van der Waals surface area contributed by atoms with E-state index in [0.717, 1.165) is 50.8 Å². The summed E-state index contributed by atoms with van der Waals surface area (Å²) in [5.41, 5.74) is 1.76. The molecule has 4 rings (SSSR count). The van der Waals surface area contributed by atoms with Crippen molar-refractivity contribution >= 4 is 11.7 Å². The predicted molar refractivity (Wildman–Crippen MR) is 106 cm³/mol. The third kappa shape index (κ3) is 4.11. The monoisotopic (exact) mass is 365 g/mol. The Balaban J connectivity index is 1.36. The number of carbonyl (C=O) groups is 1. The van der Waals surface area contributed by atoms with Crippen molar-refractivity contribution in [3.05, 3.63) is 54.0 Å². The fourth-order valence-electron chi connectivity index (χ4n) is 4.01. The summed E-state index contributed by atoms with van der Waals surface area (Å²) in [5, 5.41) is 0. The van der Waals surface area contributed by atoms with Crippen LogP contribution >= 0.6 is 0 Å². The highest BCUT2D eigenvalue weighted by Gasteiger charge is 2.28. The van der Waals surface area contributed by atoms with E-state index in [1.165, 1.54) is 12.8 Å². The van der Waals surface area contributed by atoms with Crippen LogP contribution in [0.2, 0.25) is 0 Å². The summed E-state index contributed by atoms with van der Waals surface area (Å²) in [4.78, 5) is 28.5. The number of hydrogen-bond donors (Lipinski definition) is 0. The Kier molecular flexibility index (Phi) is 5.34. The SMILES string of the molecule is C[C@@H]1CN(Cc2ccccn2)CCN1C(=O)c1ccc(N2CCCC2)nc1. The summed E-state index contributed by atoms with van der Waals surface area (Å²) < 4.78 is 0. The van der Waals surface area contributed by atoms with E-state index < -0.39 is 0 Å². The minimum Gasteiger partial charge on any atom is -0.357 e. The molecule has 2 saturated heterocycles. The molecule has 0 saturated carbocycles. The zero-order valence-corrected chi connectivity index (χ0v) is 15.9. The molecule has 0 bridgehead atoms. The Morgan fingerprint density at radius 1 is 1.07 bits per heavy atom. The number of piperazine rings is 1. The van der Waals surface area contributed by atoms with Crippen molar-refractivity contribution in [1.29, 1.82) is 0 Å². The molecule has 27 heavy (non-hydrogen) atoms. The van der Waals surface area contributed by atoms with E-state index in [1.807, 2.05) is 35.4 Å². The maximum absolute atomic E-state index is 12.9. The van der Waals surface area contributed by atoms with Gasteiger partial charge in [0, 0.05) is 57.7 Å². The van der Waals surface area contributed by atoms with Crippen molar-refractivity contribution in [2.75, 3.05) is 37.6 Å². The smallest absolute Gasteiger partial charge is 0.255 e. The molecule has 2 aromatic rings. The van der Waals surface area contributed by atoms with Crippen molar-refractivity contribution in [3.63, 3.8) is 0 Å². The van der Waals surface area contributed by atoms with Gasteiger partial charge in [0.2, 0.25) is 0 Å². The van der Waals surface area contributed by atoms with Crippen LogP contribution < -0.4 is 4.90 Å². The van der Waals surface area contributed by atoms with Gasteiger partial charge in [0.1, 0.15) is 5.82 Å². The molecule has 0 aliphatic carbocycles. The fourth-order valence-corrected chi connectivity index (χ4v) is 4.01. The topological polar surface area (TPSA) is 52.6 Å². The van der Waals surface area contributed by atoms with E-state index in [-0.39, 0.29) is 11.9 Å². The molecule has 0 aromatic carbocycles. The molecule has 0 spiro atoms. The maximum Gasteiger partial charge on any atom is 0.255 e. The van der Waals surface area contributed by atoms with E-state index in [2.05, 4.69) is 32.8 Å². The Hall–Kier alpha value is -2.47. The Morgan fingerprint density at radius 2 is 1.93 bits per heavy atom. The lowest BCUT2D eigenvalue weighted by atomic mass is 10.1. The van der Waals surface area contributed by atoms with Gasteiger partial charge in [-0.05, 0) is 44.0 Å². The number of carbonyl (C=O) groups excluding carboxylic acids is 1. The highest BCUT2D eigenvalue weighted by molar-refractivity contribution is 5.94. The van der Waals surface area contributed by atoms with Crippen molar-refractivity contribution < 1.29 is 4.79 Å². The molecule has 1 atom stereocenters. The van der Waals surface area contributed by atoms with Gasteiger partial charge in [0.25, 0.3) is 5.91 Å². The Labute approximate surface area is 160 Å². The lowest BCUT2D eigenvalue weighted by Crippen LogP contribution is -2.53. The summed E-state index contributed by atoms with van der Waals surface area (Å²) in [6.45, 7) is 7.55. The number of aromatic nitrogens is 2. The van der Waals surface area contributed by atoms with Gasteiger partial charge in [-0.3, -0.25) is 14.7 Å². The molecule has 0 unspecified atom stereocenters. The van der Waals surface area contributed by atoms with Crippen LogP contribution in [0.25, 0.3) is 0 Å². The molecule has 2 fully saturated rings. The molecule has 6 heteroatoms. The average molecular weight is 365 g/mol. The van der Waals surface area contributed by atoms with Crippen LogP contribution in [0.4, 0.5) is 5.82 Å². The highest BCUT2D eigenvalue weighted by atomic mass is 16.2. The van der Waals surface area contributed by atoms with Gasteiger partial charge >= 0.3 is 0 Å². The van der Waals surface area contributed by atoms with Gasteiger partial charge < -0.3 is 9.80 Å². The number of amides is 1. The van der Waals surface area contributed by atoms with Crippen LogP contribution in [0.3, 0.4) is 0 Å². The molecule has 1 amide bonds. The second kappa shape index (κ2) is 8.05. The van der Waals surface area contributed by atoms with E-state index in [0.29, 0.717) is 5.56 Å². The quantitative estimate of drug-likeness (QED) is 0.833. The Bertz CT molecular complexity index is 758. The number of anilines is 1. The summed E-state index contributed by atoms with van der Waals surface area (Å²) in [7, 11) is 0. The first-order valence-electron chi connectivity index (χ1n) is 9.85. The van der Waals surface area contributed by atoms with Crippen LogP contribution in [-0.4, -0.2) is 64.4 Å². The number of nitrogens with zero attached hydrogens (tertiary/aromatic N) is 5. The van der Waals surface area contributed by atoms with E-state index >= 15 is 0 Å². The van der Waals surface area contributed by atoms with Crippen molar-refractivity contribution in [2.24, 2.45) is 0 Å². The number of rotatable bonds is 4. The zero-order valence-electron chi connectivity index (χ0n) is 15.9. The number of hydrogen-bond acceptors (Lipinski definition) is 5. The molecule has 4 heterocycles. The fraction of sp³-hybridized carbons (Fsp3) is 0.476. The van der Waals surface area contributed by atoms with Gasteiger partial charge in [-0.1, -0.05) is 6.07 Å². The zero-order chi connectivity index (χ0) is 18.6. The molecule has 0 N–H and O–H groups in total. The van der Waals surface area contributed by atoms with E-state index in [4.69, 9.17) is 0 Å². The minimum absolute atomic E-state index is 0.0838. The van der Waals surface area contributed by atoms with Gasteiger partial charge in [0.15, 0.2) is 0 Å². The molecular formula is C21H27N5O. The molecule has 2 aliphatic rings. The van der Waals surface area contributed by atoms with Crippen LogP contribution in [0.5, 0.6) is 0 Å². The average Bonchev–Trinajstić information content (AvgIpc) is 3.23. The normalized spacial score (nSPS) is 20.9. The lowest BCUT2D eigenvalue weighted by molar-refractivity contribution is 0.0473. The first-order chi connectivity index (χ1) is 13.2. The largest absolute Gasteiger partial charge is 0.357 e. The van der Waals surface area contributed by atoms with Crippen molar-refractivity contribution in [2.45, 2.75) is 32.4 Å². The van der Waals surface area contributed by atoms with E-state index in [9.17, 15) is 4.79 Å². The highest BCUT2D eigenvalue weighted by Crippen LogP contribution is 2.20. The first kappa shape index (κ1) is 17.9. The lowest BCUT2D eigenvalue weighted by Gasteiger charge is -2.39. The standard InChI is InChI=1S/C21H27N5O/c1-17-15-24(16-19-6-2-3-9-22-19)12-13-26(17)21(27)18-7-8-20(23-14-18)25-10-4-5-11-25/h2-3,6-9,14,17H,4-5,10-13,15-16H2,1H3/t17-/m1/s1. The summed E-state index contributed by atoms with van der Waals surface area (Å²) in [5.74, 6) is 1.07. The molecule has 0 radical (unpaired) electrons. The second-order valence-electron chi connectivity index (χ2n) is 7.50. The molecular weight excluding hydrogens is 338 g/mol. The van der Waals surface area contributed by atoms with Crippen LogP contribution in [0.1, 0.15) is 35.8 Å².